The maximum atomic E-state index is 5.72. The Bertz CT molecular complexity index is 317. The number of rotatable bonds is 9. The van der Waals surface area contributed by atoms with E-state index in [0.717, 1.165) is 64.9 Å². The fraction of sp³-hybridized carbons (Fsp3) is 0.938. The lowest BCUT2D eigenvalue weighted by atomic mass is 10.1. The van der Waals surface area contributed by atoms with Crippen LogP contribution in [0, 0.1) is 5.92 Å². The molecule has 2 rings (SSSR count). The lowest BCUT2D eigenvalue weighted by Crippen LogP contribution is -2.38. The van der Waals surface area contributed by atoms with Crippen molar-refractivity contribution in [2.45, 2.75) is 37.9 Å². The van der Waals surface area contributed by atoms with E-state index in [1.54, 1.807) is 0 Å². The second-order valence-corrected chi connectivity index (χ2v) is 7.35. The fourth-order valence-electron chi connectivity index (χ4n) is 2.67. The van der Waals surface area contributed by atoms with E-state index in [4.69, 9.17) is 14.5 Å². The van der Waals surface area contributed by atoms with Crippen molar-refractivity contribution in [2.24, 2.45) is 10.9 Å². The van der Waals surface area contributed by atoms with Gasteiger partial charge in [-0.2, -0.15) is 11.8 Å². The summed E-state index contributed by atoms with van der Waals surface area (Å²) in [5.74, 6) is 2.85. The Morgan fingerprint density at radius 3 is 3.05 bits per heavy atom. The highest BCUT2D eigenvalue weighted by atomic mass is 32.2. The molecule has 0 aliphatic carbocycles. The second-order valence-electron chi connectivity index (χ2n) is 5.94. The third kappa shape index (κ3) is 7.20. The van der Waals surface area contributed by atoms with Crippen LogP contribution in [0.4, 0.5) is 0 Å². The lowest BCUT2D eigenvalue weighted by Gasteiger charge is -2.13. The zero-order valence-electron chi connectivity index (χ0n) is 13.8. The summed E-state index contributed by atoms with van der Waals surface area (Å²) in [5, 5.41) is 7.43. The van der Waals surface area contributed by atoms with Crippen molar-refractivity contribution in [2.75, 3.05) is 51.8 Å². The van der Waals surface area contributed by atoms with Crippen LogP contribution in [0.5, 0.6) is 0 Å². The van der Waals surface area contributed by atoms with Crippen molar-refractivity contribution in [3.8, 4) is 0 Å². The molecule has 2 heterocycles. The number of ether oxygens (including phenoxy) is 2. The van der Waals surface area contributed by atoms with E-state index in [9.17, 15) is 0 Å². The molecule has 5 nitrogen and oxygen atoms in total. The lowest BCUT2D eigenvalue weighted by molar-refractivity contribution is 0.0888. The molecule has 2 N–H and O–H groups in total. The second kappa shape index (κ2) is 11.1. The van der Waals surface area contributed by atoms with Gasteiger partial charge in [-0.25, -0.2) is 0 Å². The Balaban J connectivity index is 1.52. The van der Waals surface area contributed by atoms with Gasteiger partial charge < -0.3 is 20.1 Å². The predicted molar refractivity (Wildman–Crippen MR) is 93.8 cm³/mol. The maximum absolute atomic E-state index is 5.72. The van der Waals surface area contributed by atoms with Gasteiger partial charge in [-0.05, 0) is 38.4 Å². The molecule has 0 radical (unpaired) electrons. The molecule has 2 fully saturated rings. The quantitative estimate of drug-likeness (QED) is 0.384. The van der Waals surface area contributed by atoms with E-state index in [1.807, 2.05) is 0 Å². The smallest absolute Gasteiger partial charge is 0.191 e. The third-order valence-corrected chi connectivity index (χ3v) is 5.34. The Morgan fingerprint density at radius 2 is 2.32 bits per heavy atom. The summed E-state index contributed by atoms with van der Waals surface area (Å²) in [6.45, 7) is 8.26. The van der Waals surface area contributed by atoms with Gasteiger partial charge in [0.1, 0.15) is 0 Å². The molecule has 0 aromatic heterocycles. The minimum Gasteiger partial charge on any atom is -0.381 e. The van der Waals surface area contributed by atoms with Crippen molar-refractivity contribution in [3.63, 3.8) is 0 Å². The van der Waals surface area contributed by atoms with Crippen molar-refractivity contribution < 1.29 is 9.47 Å². The van der Waals surface area contributed by atoms with Crippen LogP contribution >= 0.6 is 11.8 Å². The largest absolute Gasteiger partial charge is 0.381 e. The Kier molecular flexibility index (Phi) is 9.05. The molecule has 0 spiro atoms. The van der Waals surface area contributed by atoms with Crippen LogP contribution in [0.3, 0.4) is 0 Å². The minimum atomic E-state index is 0.607. The Morgan fingerprint density at radius 1 is 1.36 bits per heavy atom. The number of aliphatic imine (C=N–C) groups is 1. The van der Waals surface area contributed by atoms with E-state index in [1.165, 1.54) is 18.6 Å². The highest BCUT2D eigenvalue weighted by molar-refractivity contribution is 8.00. The molecule has 2 aliphatic rings. The number of thioether (sulfide) groups is 1. The molecule has 0 bridgehead atoms. The van der Waals surface area contributed by atoms with Gasteiger partial charge in [-0.1, -0.05) is 0 Å². The first kappa shape index (κ1) is 17.9. The molecule has 128 valence electrons. The average Bonchev–Trinajstić information content (AvgIpc) is 3.21. The van der Waals surface area contributed by atoms with Crippen LogP contribution in [0.15, 0.2) is 4.99 Å². The molecule has 2 atom stereocenters. The summed E-state index contributed by atoms with van der Waals surface area (Å²) in [6.07, 6.45) is 4.81. The zero-order valence-corrected chi connectivity index (χ0v) is 14.6. The van der Waals surface area contributed by atoms with Gasteiger partial charge in [-0.15, -0.1) is 0 Å². The molecule has 2 unspecified atom stereocenters. The fourth-order valence-corrected chi connectivity index (χ4v) is 3.85. The molecule has 2 aliphatic heterocycles. The highest BCUT2D eigenvalue weighted by Gasteiger charge is 2.16. The van der Waals surface area contributed by atoms with Gasteiger partial charge in [-0.3, -0.25) is 4.99 Å². The number of nitrogens with one attached hydrogen (secondary N) is 2. The summed E-state index contributed by atoms with van der Waals surface area (Å²) >= 11 is 2.06. The van der Waals surface area contributed by atoms with Crippen LogP contribution in [0.1, 0.15) is 32.6 Å². The van der Waals surface area contributed by atoms with Gasteiger partial charge in [0.2, 0.25) is 0 Å². The summed E-state index contributed by atoms with van der Waals surface area (Å²) in [4.78, 5) is 4.69. The first-order valence-corrected chi connectivity index (χ1v) is 9.72. The van der Waals surface area contributed by atoms with Gasteiger partial charge in [0.15, 0.2) is 5.96 Å². The summed E-state index contributed by atoms with van der Waals surface area (Å²) < 4.78 is 11.1. The molecule has 0 aromatic rings. The summed E-state index contributed by atoms with van der Waals surface area (Å²) in [5.41, 5.74) is 0. The predicted octanol–water partition coefficient (Wildman–Crippen LogP) is 1.88. The molecule has 0 amide bonds. The molecular weight excluding hydrogens is 298 g/mol. The van der Waals surface area contributed by atoms with Crippen LogP contribution in [-0.2, 0) is 9.47 Å². The van der Waals surface area contributed by atoms with Crippen molar-refractivity contribution in [3.05, 3.63) is 0 Å². The van der Waals surface area contributed by atoms with E-state index >= 15 is 0 Å². The first-order chi connectivity index (χ1) is 10.9. The van der Waals surface area contributed by atoms with E-state index < -0.39 is 0 Å². The zero-order chi connectivity index (χ0) is 15.5. The van der Waals surface area contributed by atoms with Gasteiger partial charge in [0, 0.05) is 37.5 Å². The van der Waals surface area contributed by atoms with Crippen molar-refractivity contribution in [1.82, 2.24) is 10.6 Å². The van der Waals surface area contributed by atoms with Crippen molar-refractivity contribution in [1.29, 1.82) is 0 Å². The third-order valence-electron chi connectivity index (χ3n) is 3.96. The molecule has 6 heteroatoms. The maximum Gasteiger partial charge on any atom is 0.191 e. The molecule has 22 heavy (non-hydrogen) atoms. The van der Waals surface area contributed by atoms with Crippen LogP contribution in [0.2, 0.25) is 0 Å². The van der Waals surface area contributed by atoms with E-state index in [-0.39, 0.29) is 0 Å². The van der Waals surface area contributed by atoms with E-state index in [2.05, 4.69) is 29.3 Å². The normalized spacial score (nSPS) is 25.6. The van der Waals surface area contributed by atoms with Crippen LogP contribution < -0.4 is 10.6 Å². The monoisotopic (exact) mass is 329 g/mol. The number of guanidine groups is 1. The summed E-state index contributed by atoms with van der Waals surface area (Å²) in [7, 11) is 0. The van der Waals surface area contributed by atoms with E-state index in [0.29, 0.717) is 11.2 Å². The van der Waals surface area contributed by atoms with Gasteiger partial charge >= 0.3 is 0 Å². The highest BCUT2D eigenvalue weighted by Crippen LogP contribution is 2.25. The molecule has 0 aromatic carbocycles. The standard InChI is InChI=1S/C16H31N3O2S/c1-2-17-16(19-11-15-5-3-10-22-15)18-7-4-8-20-12-14-6-9-21-13-14/h14-15H,2-13H2,1H3,(H2,17,18,19). The van der Waals surface area contributed by atoms with Crippen LogP contribution in [0.25, 0.3) is 0 Å². The summed E-state index contributed by atoms with van der Waals surface area (Å²) in [6, 6.07) is 0. The molecular formula is C16H31N3O2S. The van der Waals surface area contributed by atoms with Gasteiger partial charge in [0.05, 0.1) is 19.8 Å². The number of nitrogens with zero attached hydrogens (tertiary/aromatic N) is 1. The van der Waals surface area contributed by atoms with Gasteiger partial charge in [0.25, 0.3) is 0 Å². The topological polar surface area (TPSA) is 54.9 Å². The Labute approximate surface area is 139 Å². The number of hydrogen-bond donors (Lipinski definition) is 2. The number of hydrogen-bond acceptors (Lipinski definition) is 4. The van der Waals surface area contributed by atoms with Crippen molar-refractivity contribution >= 4 is 17.7 Å². The first-order valence-electron chi connectivity index (χ1n) is 8.67. The molecule has 0 saturated carbocycles. The van der Waals surface area contributed by atoms with Crippen LogP contribution in [-0.4, -0.2) is 63.0 Å². The molecule has 2 saturated heterocycles. The SMILES string of the molecule is CCNC(=NCC1CCCS1)NCCCOCC1CCOC1. The Hall–Kier alpha value is -0.460. The average molecular weight is 330 g/mol. The minimum absolute atomic E-state index is 0.607.